The van der Waals surface area contributed by atoms with Crippen LogP contribution in [0.1, 0.15) is 15.2 Å². The van der Waals surface area contributed by atoms with Crippen LogP contribution in [0.15, 0.2) is 54.2 Å². The number of Topliss-reactive ketones (excluding diaryl/α,β-unsaturated/α-hetero) is 1. The molecular formula is C15H11NOS. The summed E-state index contributed by atoms with van der Waals surface area (Å²) in [5.41, 5.74) is 2.74. The van der Waals surface area contributed by atoms with Crippen molar-refractivity contribution in [3.8, 4) is 0 Å². The first-order valence-corrected chi connectivity index (χ1v) is 6.60. The molecule has 0 N–H and O–H groups in total. The Kier molecular flexibility index (Phi) is 2.90. The minimum absolute atomic E-state index is 0.132. The number of ketones is 1. The SMILES string of the molecule is O=C(Cc1ccc2ccccc2c1)c1cncs1. The molecule has 0 fully saturated rings. The standard InChI is InChI=1S/C15H11NOS/c17-14(15-9-16-10-18-15)8-11-5-6-12-3-1-2-4-13(12)7-11/h1-7,9-10H,8H2. The molecule has 0 atom stereocenters. The molecule has 0 bridgehead atoms. The van der Waals surface area contributed by atoms with Crippen molar-refractivity contribution in [2.45, 2.75) is 6.42 Å². The molecule has 88 valence electrons. The lowest BCUT2D eigenvalue weighted by molar-refractivity contribution is 0.0996. The summed E-state index contributed by atoms with van der Waals surface area (Å²) in [6.45, 7) is 0. The zero-order valence-electron chi connectivity index (χ0n) is 9.67. The van der Waals surface area contributed by atoms with Gasteiger partial charge >= 0.3 is 0 Å². The number of aromatic nitrogens is 1. The quantitative estimate of drug-likeness (QED) is 0.666. The third kappa shape index (κ3) is 2.17. The predicted octanol–water partition coefficient (Wildman–Crippen LogP) is 3.72. The summed E-state index contributed by atoms with van der Waals surface area (Å²) >= 11 is 1.39. The summed E-state index contributed by atoms with van der Waals surface area (Å²) in [4.78, 5) is 16.6. The maximum atomic E-state index is 12.0. The molecule has 18 heavy (non-hydrogen) atoms. The first-order valence-electron chi connectivity index (χ1n) is 5.72. The Hall–Kier alpha value is -2.00. The molecule has 0 aliphatic rings. The average molecular weight is 253 g/mol. The number of fused-ring (bicyclic) bond motifs is 1. The van der Waals surface area contributed by atoms with Crippen LogP contribution in [0.5, 0.6) is 0 Å². The number of hydrogen-bond donors (Lipinski definition) is 0. The second kappa shape index (κ2) is 4.70. The van der Waals surface area contributed by atoms with Gasteiger partial charge in [0.1, 0.15) is 0 Å². The van der Waals surface area contributed by atoms with Gasteiger partial charge in [-0.3, -0.25) is 9.78 Å². The lowest BCUT2D eigenvalue weighted by Gasteiger charge is -2.02. The van der Waals surface area contributed by atoms with Crippen LogP contribution >= 0.6 is 11.3 Å². The summed E-state index contributed by atoms with van der Waals surface area (Å²) in [6, 6.07) is 14.3. The van der Waals surface area contributed by atoms with Gasteiger partial charge in [0.15, 0.2) is 5.78 Å². The van der Waals surface area contributed by atoms with E-state index in [1.807, 2.05) is 18.2 Å². The van der Waals surface area contributed by atoms with E-state index in [9.17, 15) is 4.79 Å². The normalized spacial score (nSPS) is 10.7. The van der Waals surface area contributed by atoms with Crippen LogP contribution in [0.2, 0.25) is 0 Å². The number of carbonyl (C=O) groups excluding carboxylic acids is 1. The Morgan fingerprint density at radius 1 is 1.11 bits per heavy atom. The van der Waals surface area contributed by atoms with Crippen molar-refractivity contribution >= 4 is 27.9 Å². The van der Waals surface area contributed by atoms with Crippen molar-refractivity contribution in [1.29, 1.82) is 0 Å². The van der Waals surface area contributed by atoms with Crippen molar-refractivity contribution in [3.63, 3.8) is 0 Å². The molecule has 1 heterocycles. The smallest absolute Gasteiger partial charge is 0.178 e. The molecule has 0 saturated heterocycles. The molecule has 2 nitrogen and oxygen atoms in total. The maximum Gasteiger partial charge on any atom is 0.178 e. The maximum absolute atomic E-state index is 12.0. The van der Waals surface area contributed by atoms with Gasteiger partial charge < -0.3 is 0 Å². The molecule has 0 radical (unpaired) electrons. The molecule has 0 spiro atoms. The Morgan fingerprint density at radius 2 is 1.94 bits per heavy atom. The zero-order chi connectivity index (χ0) is 12.4. The number of thiazole rings is 1. The molecule has 2 aromatic carbocycles. The predicted molar refractivity (Wildman–Crippen MR) is 74.1 cm³/mol. The second-order valence-electron chi connectivity index (χ2n) is 4.15. The summed E-state index contributed by atoms with van der Waals surface area (Å²) < 4.78 is 0. The van der Waals surface area contributed by atoms with E-state index < -0.39 is 0 Å². The molecule has 0 unspecified atom stereocenters. The average Bonchev–Trinajstić information content (AvgIpc) is 2.92. The summed E-state index contributed by atoms with van der Waals surface area (Å²) in [6.07, 6.45) is 2.07. The van der Waals surface area contributed by atoms with Crippen molar-refractivity contribution in [3.05, 3.63) is 64.6 Å². The fourth-order valence-corrected chi connectivity index (χ4v) is 2.54. The van der Waals surface area contributed by atoms with Crippen LogP contribution in [0.4, 0.5) is 0 Å². The first kappa shape index (κ1) is 11.1. The molecule has 1 aromatic heterocycles. The van der Waals surface area contributed by atoms with Crippen molar-refractivity contribution in [2.75, 3.05) is 0 Å². The topological polar surface area (TPSA) is 30.0 Å². The van der Waals surface area contributed by atoms with Crippen LogP contribution in [0, 0.1) is 0 Å². The summed E-state index contributed by atoms with van der Waals surface area (Å²) in [7, 11) is 0. The monoisotopic (exact) mass is 253 g/mol. The van der Waals surface area contributed by atoms with E-state index in [0.29, 0.717) is 6.42 Å². The van der Waals surface area contributed by atoms with E-state index in [1.54, 1.807) is 11.7 Å². The minimum Gasteiger partial charge on any atom is -0.293 e. The third-order valence-corrected chi connectivity index (χ3v) is 3.70. The van der Waals surface area contributed by atoms with Crippen molar-refractivity contribution in [2.24, 2.45) is 0 Å². The fraction of sp³-hybridized carbons (Fsp3) is 0.0667. The van der Waals surface area contributed by atoms with Gasteiger partial charge in [-0.1, -0.05) is 42.5 Å². The van der Waals surface area contributed by atoms with Crippen LogP contribution in [-0.4, -0.2) is 10.8 Å². The number of nitrogens with zero attached hydrogens (tertiary/aromatic N) is 1. The van der Waals surface area contributed by atoms with Gasteiger partial charge in [0, 0.05) is 12.6 Å². The van der Waals surface area contributed by atoms with E-state index in [-0.39, 0.29) is 5.78 Å². The number of rotatable bonds is 3. The lowest BCUT2D eigenvalue weighted by atomic mass is 10.0. The highest BCUT2D eigenvalue weighted by atomic mass is 32.1. The highest BCUT2D eigenvalue weighted by Gasteiger charge is 2.08. The zero-order valence-corrected chi connectivity index (χ0v) is 10.5. The van der Waals surface area contributed by atoms with Crippen molar-refractivity contribution < 1.29 is 4.79 Å². The molecule has 0 saturated carbocycles. The molecule has 0 amide bonds. The van der Waals surface area contributed by atoms with E-state index in [4.69, 9.17) is 0 Å². The molecule has 3 rings (SSSR count). The molecule has 0 aliphatic heterocycles. The fourth-order valence-electron chi connectivity index (χ4n) is 1.97. The van der Waals surface area contributed by atoms with E-state index >= 15 is 0 Å². The van der Waals surface area contributed by atoms with Gasteiger partial charge in [0.05, 0.1) is 10.4 Å². The van der Waals surface area contributed by atoms with Gasteiger partial charge in [-0.15, -0.1) is 11.3 Å². The van der Waals surface area contributed by atoms with Gasteiger partial charge in [0.2, 0.25) is 0 Å². The lowest BCUT2D eigenvalue weighted by Crippen LogP contribution is -2.00. The van der Waals surface area contributed by atoms with Crippen molar-refractivity contribution in [1.82, 2.24) is 4.98 Å². The third-order valence-electron chi connectivity index (χ3n) is 2.89. The van der Waals surface area contributed by atoms with E-state index in [0.717, 1.165) is 10.4 Å². The highest BCUT2D eigenvalue weighted by Crippen LogP contribution is 2.17. The Morgan fingerprint density at radius 3 is 2.72 bits per heavy atom. The van der Waals surface area contributed by atoms with E-state index in [2.05, 4.69) is 29.2 Å². The molecular weight excluding hydrogens is 242 g/mol. The Bertz CT molecular complexity index is 689. The summed E-state index contributed by atoms with van der Waals surface area (Å²) in [5, 5.41) is 2.37. The summed E-state index contributed by atoms with van der Waals surface area (Å²) in [5.74, 6) is 0.132. The number of hydrogen-bond acceptors (Lipinski definition) is 3. The molecule has 3 heteroatoms. The second-order valence-corrected chi connectivity index (χ2v) is 5.03. The van der Waals surface area contributed by atoms with E-state index in [1.165, 1.54) is 22.1 Å². The van der Waals surface area contributed by atoms with Gasteiger partial charge in [-0.05, 0) is 16.3 Å². The number of benzene rings is 2. The van der Waals surface area contributed by atoms with Crippen LogP contribution in [-0.2, 0) is 6.42 Å². The van der Waals surface area contributed by atoms with Crippen LogP contribution in [0.25, 0.3) is 10.8 Å². The van der Waals surface area contributed by atoms with Gasteiger partial charge in [-0.2, -0.15) is 0 Å². The largest absolute Gasteiger partial charge is 0.293 e. The number of carbonyl (C=O) groups is 1. The van der Waals surface area contributed by atoms with Crippen LogP contribution < -0.4 is 0 Å². The Labute approximate surface area is 109 Å². The van der Waals surface area contributed by atoms with Gasteiger partial charge in [0.25, 0.3) is 0 Å². The first-order chi connectivity index (χ1) is 8.83. The highest BCUT2D eigenvalue weighted by molar-refractivity contribution is 7.11. The molecule has 3 aromatic rings. The minimum atomic E-state index is 0.132. The molecule has 0 aliphatic carbocycles. The van der Waals surface area contributed by atoms with Crippen LogP contribution in [0.3, 0.4) is 0 Å². The van der Waals surface area contributed by atoms with Gasteiger partial charge in [-0.25, -0.2) is 0 Å². The Balaban J connectivity index is 1.89.